The summed E-state index contributed by atoms with van der Waals surface area (Å²) in [4.78, 5) is 31.5. The van der Waals surface area contributed by atoms with Gasteiger partial charge >= 0.3 is 0 Å². The maximum atomic E-state index is 12.7. The zero-order valence-corrected chi connectivity index (χ0v) is 13.6. The van der Waals surface area contributed by atoms with Gasteiger partial charge in [0.15, 0.2) is 5.60 Å². The third-order valence-corrected chi connectivity index (χ3v) is 5.19. The highest BCUT2D eigenvalue weighted by Gasteiger charge is 2.57. The van der Waals surface area contributed by atoms with Crippen molar-refractivity contribution in [2.45, 2.75) is 11.5 Å². The third kappa shape index (κ3) is 1.79. The molecule has 0 unspecified atom stereocenters. The van der Waals surface area contributed by atoms with Crippen LogP contribution in [0.5, 0.6) is 0 Å². The number of nitrogens with one attached hydrogen (secondary N) is 3. The van der Waals surface area contributed by atoms with E-state index >= 15 is 0 Å². The van der Waals surface area contributed by atoms with Gasteiger partial charge in [-0.05, 0) is 17.7 Å². The molecular weight excluding hydrogens is 330 g/mol. The number of carbonyl (C=O) groups excluding carboxylic acids is 2. The number of amides is 2. The molecule has 0 radical (unpaired) electrons. The number of carbonyl (C=O) groups is 2. The molecule has 4 aromatic rings. The Morgan fingerprint density at radius 2 is 1.46 bits per heavy atom. The zero-order chi connectivity index (χ0) is 17.9. The number of fused-ring (bicyclic) bond motifs is 2. The number of rotatable bonds is 2. The summed E-state index contributed by atoms with van der Waals surface area (Å²) in [5.41, 5.74) is 0.641. The van der Waals surface area contributed by atoms with Crippen LogP contribution in [0.1, 0.15) is 17.0 Å². The lowest BCUT2D eigenvalue weighted by Crippen LogP contribution is -2.38. The van der Waals surface area contributed by atoms with E-state index in [1.807, 2.05) is 48.5 Å². The van der Waals surface area contributed by atoms with Crippen LogP contribution in [0, 0.1) is 0 Å². The lowest BCUT2D eigenvalue weighted by molar-refractivity contribution is -0.137. The van der Waals surface area contributed by atoms with Crippen molar-refractivity contribution in [1.82, 2.24) is 15.3 Å². The molecule has 2 atom stereocenters. The Morgan fingerprint density at radius 3 is 2.23 bits per heavy atom. The Bertz CT molecular complexity index is 1190. The summed E-state index contributed by atoms with van der Waals surface area (Å²) in [7, 11) is 0. The summed E-state index contributed by atoms with van der Waals surface area (Å²) in [6.45, 7) is 0. The molecule has 2 aromatic carbocycles. The second-order valence-corrected chi connectivity index (χ2v) is 6.56. The first-order valence-electron chi connectivity index (χ1n) is 8.31. The van der Waals surface area contributed by atoms with Crippen molar-refractivity contribution < 1.29 is 14.7 Å². The van der Waals surface area contributed by atoms with Crippen LogP contribution < -0.4 is 5.32 Å². The average molecular weight is 345 g/mol. The number of H-pyrrole nitrogens is 2. The Morgan fingerprint density at radius 1 is 0.846 bits per heavy atom. The van der Waals surface area contributed by atoms with Crippen molar-refractivity contribution in [3.8, 4) is 0 Å². The summed E-state index contributed by atoms with van der Waals surface area (Å²) < 4.78 is 0. The Balaban J connectivity index is 1.78. The molecule has 1 fully saturated rings. The number of imide groups is 1. The normalized spacial score (nSPS) is 23.0. The molecule has 2 aromatic heterocycles. The predicted molar refractivity (Wildman–Crippen MR) is 96.4 cm³/mol. The monoisotopic (exact) mass is 345 g/mol. The fourth-order valence-corrected chi connectivity index (χ4v) is 3.96. The van der Waals surface area contributed by atoms with Crippen LogP contribution in [0.2, 0.25) is 0 Å². The van der Waals surface area contributed by atoms with Gasteiger partial charge in [0.1, 0.15) is 5.92 Å². The highest BCUT2D eigenvalue weighted by molar-refractivity contribution is 6.14. The number of aliphatic hydroxyl groups is 1. The standard InChI is InChI=1S/C20H15N3O3/c24-18-17(13-9-21-15-7-3-1-5-11(13)15)20(26,19(25)23-18)14-10-22-16-8-4-2-6-12(14)16/h1-10,17,21-22,26H,(H,23,24,25)/t17-,20+/m0/s1. The highest BCUT2D eigenvalue weighted by atomic mass is 16.3. The molecule has 4 N–H and O–H groups in total. The molecule has 0 saturated carbocycles. The van der Waals surface area contributed by atoms with E-state index in [4.69, 9.17) is 0 Å². The first kappa shape index (κ1) is 14.9. The average Bonchev–Trinajstić information content (AvgIpc) is 3.31. The molecule has 128 valence electrons. The fraction of sp³-hybridized carbons (Fsp3) is 0.100. The maximum Gasteiger partial charge on any atom is 0.264 e. The quantitative estimate of drug-likeness (QED) is 0.420. The number of aromatic amines is 2. The smallest absolute Gasteiger partial charge is 0.264 e. The van der Waals surface area contributed by atoms with Crippen molar-refractivity contribution >= 4 is 33.6 Å². The van der Waals surface area contributed by atoms with Gasteiger partial charge in [-0.25, -0.2) is 0 Å². The topological polar surface area (TPSA) is 98.0 Å². The van der Waals surface area contributed by atoms with E-state index < -0.39 is 23.3 Å². The van der Waals surface area contributed by atoms with Crippen LogP contribution in [0.25, 0.3) is 21.8 Å². The summed E-state index contributed by atoms with van der Waals surface area (Å²) in [6.07, 6.45) is 3.29. The highest BCUT2D eigenvalue weighted by Crippen LogP contribution is 2.45. The predicted octanol–water partition coefficient (Wildman–Crippen LogP) is 2.28. The van der Waals surface area contributed by atoms with Crippen LogP contribution in [0.3, 0.4) is 0 Å². The second-order valence-electron chi connectivity index (χ2n) is 6.56. The number of para-hydroxylation sites is 2. The fourth-order valence-electron chi connectivity index (χ4n) is 3.96. The van der Waals surface area contributed by atoms with Gasteiger partial charge in [-0.15, -0.1) is 0 Å². The van der Waals surface area contributed by atoms with Crippen molar-refractivity contribution in [3.63, 3.8) is 0 Å². The molecule has 1 aliphatic heterocycles. The molecule has 1 saturated heterocycles. The molecule has 3 heterocycles. The second kappa shape index (κ2) is 5.06. The lowest BCUT2D eigenvalue weighted by atomic mass is 9.79. The van der Waals surface area contributed by atoms with E-state index in [1.165, 1.54) is 0 Å². The number of benzene rings is 2. The minimum Gasteiger partial charge on any atom is -0.374 e. The zero-order valence-electron chi connectivity index (χ0n) is 13.6. The van der Waals surface area contributed by atoms with Crippen molar-refractivity contribution in [2.75, 3.05) is 0 Å². The lowest BCUT2D eigenvalue weighted by Gasteiger charge is -2.25. The van der Waals surface area contributed by atoms with Gasteiger partial charge in [-0.1, -0.05) is 36.4 Å². The van der Waals surface area contributed by atoms with E-state index in [0.717, 1.165) is 16.4 Å². The summed E-state index contributed by atoms with van der Waals surface area (Å²) in [5.74, 6) is -2.25. The van der Waals surface area contributed by atoms with E-state index in [1.54, 1.807) is 12.4 Å². The summed E-state index contributed by atoms with van der Waals surface area (Å²) >= 11 is 0. The van der Waals surface area contributed by atoms with Gasteiger partial charge in [-0.2, -0.15) is 0 Å². The summed E-state index contributed by atoms with van der Waals surface area (Å²) in [6, 6.07) is 14.9. The number of hydrogen-bond donors (Lipinski definition) is 4. The van der Waals surface area contributed by atoms with Crippen LogP contribution in [0.15, 0.2) is 60.9 Å². The molecular formula is C20H15N3O3. The molecule has 6 heteroatoms. The number of aromatic nitrogens is 2. The molecule has 0 spiro atoms. The van der Waals surface area contributed by atoms with Crippen molar-refractivity contribution in [1.29, 1.82) is 0 Å². The molecule has 26 heavy (non-hydrogen) atoms. The Kier molecular flexibility index (Phi) is 2.90. The van der Waals surface area contributed by atoms with Gasteiger partial charge < -0.3 is 15.1 Å². The SMILES string of the molecule is O=C1NC(=O)[C@@](O)(c2c[nH]c3ccccc23)[C@H]1c1c[nH]c2ccccc12. The van der Waals surface area contributed by atoms with Gasteiger partial charge in [-0.3, -0.25) is 14.9 Å². The maximum absolute atomic E-state index is 12.7. The van der Waals surface area contributed by atoms with Crippen molar-refractivity contribution in [2.24, 2.45) is 0 Å². The largest absolute Gasteiger partial charge is 0.374 e. The van der Waals surface area contributed by atoms with Crippen molar-refractivity contribution in [3.05, 3.63) is 72.1 Å². The van der Waals surface area contributed by atoms with E-state index in [9.17, 15) is 14.7 Å². The number of hydrogen-bond acceptors (Lipinski definition) is 3. The minimum absolute atomic E-state index is 0.395. The molecule has 5 rings (SSSR count). The first-order valence-corrected chi connectivity index (χ1v) is 8.31. The van der Waals surface area contributed by atoms with Gasteiger partial charge in [0, 0.05) is 39.8 Å². The molecule has 0 aliphatic carbocycles. The Labute approximate surface area is 147 Å². The van der Waals surface area contributed by atoms with Gasteiger partial charge in [0.2, 0.25) is 5.91 Å². The molecule has 0 bridgehead atoms. The van der Waals surface area contributed by atoms with E-state index in [-0.39, 0.29) is 0 Å². The Hall–Kier alpha value is -3.38. The third-order valence-electron chi connectivity index (χ3n) is 5.19. The van der Waals surface area contributed by atoms with Crippen LogP contribution in [0.4, 0.5) is 0 Å². The molecule has 6 nitrogen and oxygen atoms in total. The summed E-state index contributed by atoms with van der Waals surface area (Å²) in [5, 5.41) is 15.3. The minimum atomic E-state index is -1.98. The molecule has 1 aliphatic rings. The van der Waals surface area contributed by atoms with Gasteiger partial charge in [0.05, 0.1) is 0 Å². The van der Waals surface area contributed by atoms with Crippen LogP contribution >= 0.6 is 0 Å². The van der Waals surface area contributed by atoms with Crippen LogP contribution in [-0.2, 0) is 15.2 Å². The van der Waals surface area contributed by atoms with E-state index in [2.05, 4.69) is 15.3 Å². The molecule has 2 amide bonds. The van der Waals surface area contributed by atoms with E-state index in [0.29, 0.717) is 16.5 Å². The van der Waals surface area contributed by atoms with Crippen LogP contribution in [-0.4, -0.2) is 26.9 Å². The van der Waals surface area contributed by atoms with Gasteiger partial charge in [0.25, 0.3) is 5.91 Å². The first-order chi connectivity index (χ1) is 12.6.